The van der Waals surface area contributed by atoms with E-state index in [0.29, 0.717) is 0 Å². The largest absolute Gasteiger partial charge is 0.449 e. The summed E-state index contributed by atoms with van der Waals surface area (Å²) in [5, 5.41) is 10.6. The third-order valence-electron chi connectivity index (χ3n) is 1.67. The Hall–Kier alpha value is -2.06. The molecular formula is C10H6ClNO4. The Bertz CT molecular complexity index is 478. The van der Waals surface area contributed by atoms with Gasteiger partial charge in [-0.1, -0.05) is 17.5 Å². The van der Waals surface area contributed by atoms with Gasteiger partial charge in [-0.3, -0.25) is 10.1 Å². The zero-order valence-electron chi connectivity index (χ0n) is 7.97. The van der Waals surface area contributed by atoms with Crippen LogP contribution in [0.5, 0.6) is 0 Å². The number of esters is 1. The molecule has 1 aromatic rings. The lowest BCUT2D eigenvalue weighted by Crippen LogP contribution is -2.06. The summed E-state index contributed by atoms with van der Waals surface area (Å²) in [6.07, 6.45) is 4.90. The molecule has 16 heavy (non-hydrogen) atoms. The molecule has 0 bridgehead atoms. The number of halogens is 1. The van der Waals surface area contributed by atoms with E-state index >= 15 is 0 Å². The summed E-state index contributed by atoms with van der Waals surface area (Å²) in [6.45, 7) is -0.210. The van der Waals surface area contributed by atoms with Gasteiger partial charge >= 0.3 is 5.97 Å². The molecule has 0 atom stereocenters. The molecule has 0 spiro atoms. The second kappa shape index (κ2) is 5.14. The van der Waals surface area contributed by atoms with Crippen molar-refractivity contribution in [3.8, 4) is 12.3 Å². The zero-order valence-corrected chi connectivity index (χ0v) is 8.73. The van der Waals surface area contributed by atoms with Gasteiger partial charge in [-0.15, -0.1) is 6.42 Å². The summed E-state index contributed by atoms with van der Waals surface area (Å²) < 4.78 is 4.61. The first-order chi connectivity index (χ1) is 7.56. The number of carbonyl (C=O) groups excluding carboxylic acids is 1. The van der Waals surface area contributed by atoms with Gasteiger partial charge in [0, 0.05) is 12.1 Å². The van der Waals surface area contributed by atoms with Gasteiger partial charge in [0.15, 0.2) is 6.61 Å². The number of hydrogen-bond donors (Lipinski definition) is 0. The normalized spacial score (nSPS) is 9.25. The molecule has 0 radical (unpaired) electrons. The molecule has 1 aromatic carbocycles. The van der Waals surface area contributed by atoms with Crippen LogP contribution in [0.2, 0.25) is 5.02 Å². The first kappa shape index (κ1) is 12.0. The van der Waals surface area contributed by atoms with Gasteiger partial charge in [0.1, 0.15) is 0 Å². The standard InChI is InChI=1S/C10H6ClNO4/c1-2-5-16-10(13)8-6-7(12(14)15)3-4-9(8)11/h1,3-4,6H,5H2. The first-order valence-corrected chi connectivity index (χ1v) is 4.48. The third-order valence-corrected chi connectivity index (χ3v) is 2.00. The lowest BCUT2D eigenvalue weighted by atomic mass is 10.2. The van der Waals surface area contributed by atoms with E-state index in [4.69, 9.17) is 18.0 Å². The molecule has 82 valence electrons. The fraction of sp³-hybridized carbons (Fsp3) is 0.100. The monoisotopic (exact) mass is 239 g/mol. The Labute approximate surface area is 96.1 Å². The van der Waals surface area contributed by atoms with E-state index in [0.717, 1.165) is 6.07 Å². The van der Waals surface area contributed by atoms with Crippen LogP contribution in [-0.2, 0) is 4.74 Å². The third kappa shape index (κ3) is 2.72. The van der Waals surface area contributed by atoms with Crippen LogP contribution in [0, 0.1) is 22.5 Å². The second-order valence-corrected chi connectivity index (χ2v) is 3.11. The number of benzene rings is 1. The van der Waals surface area contributed by atoms with Gasteiger partial charge in [-0.05, 0) is 6.07 Å². The van der Waals surface area contributed by atoms with Gasteiger partial charge < -0.3 is 4.74 Å². The van der Waals surface area contributed by atoms with Crippen LogP contribution >= 0.6 is 11.6 Å². The molecule has 0 amide bonds. The number of terminal acetylenes is 1. The van der Waals surface area contributed by atoms with Gasteiger partial charge in [-0.25, -0.2) is 4.79 Å². The molecule has 0 heterocycles. The van der Waals surface area contributed by atoms with Crippen LogP contribution in [0.1, 0.15) is 10.4 Å². The fourth-order valence-corrected chi connectivity index (χ4v) is 1.16. The molecule has 0 N–H and O–H groups in total. The average molecular weight is 240 g/mol. The van der Waals surface area contributed by atoms with E-state index in [1.54, 1.807) is 0 Å². The summed E-state index contributed by atoms with van der Waals surface area (Å²) >= 11 is 5.70. The van der Waals surface area contributed by atoms with Crippen molar-refractivity contribution in [2.75, 3.05) is 6.61 Å². The molecule has 0 aliphatic rings. The van der Waals surface area contributed by atoms with Crippen molar-refractivity contribution in [2.45, 2.75) is 0 Å². The second-order valence-electron chi connectivity index (χ2n) is 2.70. The number of non-ortho nitro benzene ring substituents is 1. The summed E-state index contributed by atoms with van der Waals surface area (Å²) in [6, 6.07) is 3.49. The number of nitrogens with zero attached hydrogens (tertiary/aromatic N) is 1. The van der Waals surface area contributed by atoms with Crippen LogP contribution in [-0.4, -0.2) is 17.5 Å². The predicted octanol–water partition coefficient (Wildman–Crippen LogP) is 2.04. The minimum absolute atomic E-state index is 0.0765. The summed E-state index contributed by atoms with van der Waals surface area (Å²) in [5.74, 6) is 1.32. The predicted molar refractivity (Wildman–Crippen MR) is 57.2 cm³/mol. The van der Waals surface area contributed by atoms with Crippen molar-refractivity contribution in [2.24, 2.45) is 0 Å². The van der Waals surface area contributed by atoms with Crippen molar-refractivity contribution in [1.29, 1.82) is 0 Å². The molecular weight excluding hydrogens is 234 g/mol. The van der Waals surface area contributed by atoms with Crippen LogP contribution in [0.15, 0.2) is 18.2 Å². The van der Waals surface area contributed by atoms with Gasteiger partial charge in [0.25, 0.3) is 5.69 Å². The SMILES string of the molecule is C#CCOC(=O)c1cc([N+](=O)[O-])ccc1Cl. The number of ether oxygens (including phenoxy) is 1. The highest BCUT2D eigenvalue weighted by atomic mass is 35.5. The lowest BCUT2D eigenvalue weighted by molar-refractivity contribution is -0.384. The van der Waals surface area contributed by atoms with E-state index in [9.17, 15) is 14.9 Å². The number of hydrogen-bond acceptors (Lipinski definition) is 4. The molecule has 0 aliphatic carbocycles. The molecule has 0 unspecified atom stereocenters. The number of carbonyl (C=O) groups is 1. The summed E-state index contributed by atoms with van der Waals surface area (Å²) in [5.41, 5.74) is -0.317. The van der Waals surface area contributed by atoms with Crippen LogP contribution < -0.4 is 0 Å². The van der Waals surface area contributed by atoms with Gasteiger partial charge in [0.05, 0.1) is 15.5 Å². The summed E-state index contributed by atoms with van der Waals surface area (Å²) in [4.78, 5) is 21.2. The van der Waals surface area contributed by atoms with Crippen LogP contribution in [0.3, 0.4) is 0 Å². The molecule has 0 saturated carbocycles. The topological polar surface area (TPSA) is 69.4 Å². The molecule has 0 aromatic heterocycles. The minimum atomic E-state index is -0.786. The Morgan fingerprint density at radius 3 is 2.88 bits per heavy atom. The van der Waals surface area contributed by atoms with Crippen molar-refractivity contribution < 1.29 is 14.5 Å². The van der Waals surface area contributed by atoms with E-state index < -0.39 is 10.9 Å². The van der Waals surface area contributed by atoms with Crippen LogP contribution in [0.25, 0.3) is 0 Å². The minimum Gasteiger partial charge on any atom is -0.449 e. The van der Waals surface area contributed by atoms with Gasteiger partial charge in [-0.2, -0.15) is 0 Å². The number of rotatable bonds is 3. The van der Waals surface area contributed by atoms with Crippen LogP contribution in [0.4, 0.5) is 5.69 Å². The van der Waals surface area contributed by atoms with Crippen molar-refractivity contribution >= 4 is 23.3 Å². The highest BCUT2D eigenvalue weighted by Crippen LogP contribution is 2.22. The Kier molecular flexibility index (Phi) is 3.86. The quantitative estimate of drug-likeness (QED) is 0.350. The Morgan fingerprint density at radius 1 is 1.62 bits per heavy atom. The molecule has 0 saturated heterocycles. The fourth-order valence-electron chi connectivity index (χ4n) is 0.968. The molecule has 0 fully saturated rings. The number of nitro benzene ring substituents is 1. The first-order valence-electron chi connectivity index (χ1n) is 4.10. The Balaban J connectivity index is 3.03. The average Bonchev–Trinajstić information content (AvgIpc) is 2.26. The van der Waals surface area contributed by atoms with E-state index in [1.807, 2.05) is 0 Å². The smallest absolute Gasteiger partial charge is 0.340 e. The van der Waals surface area contributed by atoms with Gasteiger partial charge in [0.2, 0.25) is 0 Å². The highest BCUT2D eigenvalue weighted by molar-refractivity contribution is 6.33. The maximum atomic E-state index is 11.4. The molecule has 6 heteroatoms. The van der Waals surface area contributed by atoms with Crippen molar-refractivity contribution in [1.82, 2.24) is 0 Å². The van der Waals surface area contributed by atoms with E-state index in [2.05, 4.69) is 10.7 Å². The number of nitro groups is 1. The molecule has 5 nitrogen and oxygen atoms in total. The zero-order chi connectivity index (χ0) is 12.1. The summed E-state index contributed by atoms with van der Waals surface area (Å²) in [7, 11) is 0. The molecule has 0 aliphatic heterocycles. The van der Waals surface area contributed by atoms with Crippen molar-refractivity contribution in [3.63, 3.8) is 0 Å². The lowest BCUT2D eigenvalue weighted by Gasteiger charge is -2.02. The maximum absolute atomic E-state index is 11.4. The molecule has 1 rings (SSSR count). The van der Waals surface area contributed by atoms with Crippen molar-refractivity contribution in [3.05, 3.63) is 38.9 Å². The van der Waals surface area contributed by atoms with E-state index in [1.165, 1.54) is 12.1 Å². The maximum Gasteiger partial charge on any atom is 0.340 e. The highest BCUT2D eigenvalue weighted by Gasteiger charge is 2.16. The Morgan fingerprint density at radius 2 is 2.31 bits per heavy atom. The van der Waals surface area contributed by atoms with E-state index in [-0.39, 0.29) is 22.9 Å².